The van der Waals surface area contributed by atoms with Crippen LogP contribution in [0.3, 0.4) is 0 Å². The van der Waals surface area contributed by atoms with Gasteiger partial charge in [0.1, 0.15) is 35.9 Å². The highest BCUT2D eigenvalue weighted by molar-refractivity contribution is 5.99. The summed E-state index contributed by atoms with van der Waals surface area (Å²) in [6, 6.07) is 4.73. The van der Waals surface area contributed by atoms with Crippen molar-refractivity contribution in [1.29, 1.82) is 0 Å². The Hall–Kier alpha value is -2.45. The van der Waals surface area contributed by atoms with Crippen LogP contribution in [0, 0.1) is 11.6 Å². The second kappa shape index (κ2) is 9.14. The maximum atomic E-state index is 13.5. The molecule has 0 bridgehead atoms. The summed E-state index contributed by atoms with van der Waals surface area (Å²) < 4.78 is 32.2. The van der Waals surface area contributed by atoms with Crippen LogP contribution in [-0.2, 0) is 11.3 Å². The van der Waals surface area contributed by atoms with Crippen molar-refractivity contribution in [2.45, 2.75) is 13.5 Å². The lowest BCUT2D eigenvalue weighted by molar-refractivity contribution is -0.116. The van der Waals surface area contributed by atoms with Crippen LogP contribution < -0.4 is 11.1 Å². The number of likely N-dealkylation sites (N-methyl/N-ethyl adjacent to an activating group) is 1. The quantitative estimate of drug-likeness (QED) is 0.814. The van der Waals surface area contributed by atoms with Crippen molar-refractivity contribution < 1.29 is 22.8 Å². The monoisotopic (exact) mass is 373 g/mol. The van der Waals surface area contributed by atoms with E-state index in [2.05, 4.69) is 5.32 Å². The van der Waals surface area contributed by atoms with Crippen molar-refractivity contribution >= 4 is 29.9 Å². The lowest BCUT2D eigenvalue weighted by Crippen LogP contribution is -2.38. The lowest BCUT2D eigenvalue weighted by atomic mass is 10.2. The second-order valence-corrected chi connectivity index (χ2v) is 4.97. The maximum absolute atomic E-state index is 13.5. The average molecular weight is 374 g/mol. The first-order chi connectivity index (χ1) is 11.5. The summed E-state index contributed by atoms with van der Waals surface area (Å²) in [6.07, 6.45) is 1.25. The minimum atomic E-state index is -0.889. The number of anilines is 1. The average Bonchev–Trinajstić information content (AvgIpc) is 3.04. The van der Waals surface area contributed by atoms with E-state index >= 15 is 0 Å². The summed E-state index contributed by atoms with van der Waals surface area (Å²) in [5.41, 5.74) is 5.12. The first-order valence-corrected chi connectivity index (χ1v) is 7.26. The number of hydrogen-bond donors (Lipinski definition) is 2. The van der Waals surface area contributed by atoms with Crippen molar-refractivity contribution in [3.8, 4) is 0 Å². The van der Waals surface area contributed by atoms with Gasteiger partial charge >= 0.3 is 0 Å². The number of nitrogens with two attached hydrogens (primary N) is 1. The van der Waals surface area contributed by atoms with E-state index in [4.69, 9.17) is 10.2 Å². The predicted octanol–water partition coefficient (Wildman–Crippen LogP) is 2.54. The Labute approximate surface area is 149 Å². The largest absolute Gasteiger partial charge is 0.467 e. The number of para-hydroxylation sites is 1. The van der Waals surface area contributed by atoms with Gasteiger partial charge in [-0.1, -0.05) is 6.07 Å². The van der Waals surface area contributed by atoms with Gasteiger partial charge in [0, 0.05) is 6.54 Å². The Morgan fingerprint density at radius 2 is 1.92 bits per heavy atom. The molecule has 6 nitrogen and oxygen atoms in total. The molecule has 1 heterocycles. The molecule has 2 aromatic rings. The van der Waals surface area contributed by atoms with Gasteiger partial charge in [-0.2, -0.15) is 0 Å². The van der Waals surface area contributed by atoms with Crippen LogP contribution in [0.4, 0.5) is 14.5 Å². The van der Waals surface area contributed by atoms with Crippen molar-refractivity contribution in [1.82, 2.24) is 4.90 Å². The molecule has 0 aliphatic heterocycles. The first kappa shape index (κ1) is 20.6. The molecule has 0 saturated carbocycles. The SMILES string of the molecule is CCN(CC(=O)Nc1c(F)cccc1F)C(=O)c1coc(CN)c1.Cl. The van der Waals surface area contributed by atoms with Crippen LogP contribution in [0.25, 0.3) is 0 Å². The van der Waals surface area contributed by atoms with Crippen molar-refractivity contribution in [2.24, 2.45) is 5.73 Å². The lowest BCUT2D eigenvalue weighted by Gasteiger charge is -2.19. The third-order valence-electron chi connectivity index (χ3n) is 3.33. The smallest absolute Gasteiger partial charge is 0.257 e. The van der Waals surface area contributed by atoms with E-state index in [-0.39, 0.29) is 37.6 Å². The number of carbonyl (C=O) groups is 2. The molecule has 0 saturated heterocycles. The van der Waals surface area contributed by atoms with Gasteiger partial charge in [-0.25, -0.2) is 8.78 Å². The van der Waals surface area contributed by atoms with E-state index in [1.165, 1.54) is 23.3 Å². The van der Waals surface area contributed by atoms with E-state index in [0.29, 0.717) is 5.76 Å². The zero-order valence-corrected chi connectivity index (χ0v) is 14.2. The standard InChI is InChI=1S/C16H17F2N3O3.ClH/c1-2-21(16(23)10-6-11(7-19)24-9-10)8-14(22)20-15-12(17)4-3-5-13(15)18;/h3-6,9H,2,7-8,19H2,1H3,(H,20,22);1H. The van der Waals surface area contributed by atoms with Crippen molar-refractivity contribution in [2.75, 3.05) is 18.4 Å². The fraction of sp³-hybridized carbons (Fsp3) is 0.250. The second-order valence-electron chi connectivity index (χ2n) is 4.97. The summed E-state index contributed by atoms with van der Waals surface area (Å²) >= 11 is 0. The van der Waals surface area contributed by atoms with Crippen LogP contribution in [0.1, 0.15) is 23.0 Å². The fourth-order valence-electron chi connectivity index (χ4n) is 2.08. The highest BCUT2D eigenvalue weighted by atomic mass is 35.5. The van der Waals surface area contributed by atoms with Gasteiger partial charge < -0.3 is 20.4 Å². The predicted molar refractivity (Wildman–Crippen MR) is 90.4 cm³/mol. The Morgan fingerprint density at radius 1 is 1.28 bits per heavy atom. The number of furan rings is 1. The van der Waals surface area contributed by atoms with Gasteiger partial charge in [-0.15, -0.1) is 12.4 Å². The molecule has 9 heteroatoms. The molecule has 1 aromatic carbocycles. The van der Waals surface area contributed by atoms with E-state index in [9.17, 15) is 18.4 Å². The number of rotatable bonds is 6. The van der Waals surface area contributed by atoms with E-state index in [0.717, 1.165) is 12.1 Å². The number of nitrogens with one attached hydrogen (secondary N) is 1. The topological polar surface area (TPSA) is 88.6 Å². The normalized spacial score (nSPS) is 10.1. The molecule has 0 aliphatic rings. The molecule has 0 unspecified atom stereocenters. The van der Waals surface area contributed by atoms with Gasteiger partial charge in [0.25, 0.3) is 5.91 Å². The van der Waals surface area contributed by atoms with Gasteiger partial charge in [0.05, 0.1) is 12.1 Å². The minimum Gasteiger partial charge on any atom is -0.467 e. The van der Waals surface area contributed by atoms with E-state index in [1.54, 1.807) is 6.92 Å². The van der Waals surface area contributed by atoms with E-state index < -0.39 is 29.1 Å². The molecule has 2 rings (SSSR count). The minimum absolute atomic E-state index is 0. The van der Waals surface area contributed by atoms with Crippen LogP contribution in [-0.4, -0.2) is 29.8 Å². The molecule has 3 N–H and O–H groups in total. The van der Waals surface area contributed by atoms with Gasteiger partial charge in [-0.3, -0.25) is 9.59 Å². The number of hydrogen-bond acceptors (Lipinski definition) is 4. The summed E-state index contributed by atoms with van der Waals surface area (Å²) in [5.74, 6) is -2.49. The number of carbonyl (C=O) groups excluding carboxylic acids is 2. The molecular formula is C16H18ClF2N3O3. The molecule has 2 amide bonds. The molecule has 25 heavy (non-hydrogen) atoms. The molecule has 1 aromatic heterocycles. The summed E-state index contributed by atoms with van der Waals surface area (Å²) in [6.45, 7) is 1.70. The van der Waals surface area contributed by atoms with Crippen molar-refractivity contribution in [3.63, 3.8) is 0 Å². The van der Waals surface area contributed by atoms with Crippen LogP contribution in [0.5, 0.6) is 0 Å². The van der Waals surface area contributed by atoms with Crippen LogP contribution >= 0.6 is 12.4 Å². The Bertz CT molecular complexity index is 732. The maximum Gasteiger partial charge on any atom is 0.257 e. The van der Waals surface area contributed by atoms with Gasteiger partial charge in [-0.05, 0) is 25.1 Å². The van der Waals surface area contributed by atoms with Crippen LogP contribution in [0.2, 0.25) is 0 Å². The summed E-state index contributed by atoms with van der Waals surface area (Å²) in [5, 5.41) is 2.14. The third-order valence-corrected chi connectivity index (χ3v) is 3.33. The molecule has 0 spiro atoms. The molecule has 0 fully saturated rings. The zero-order valence-electron chi connectivity index (χ0n) is 13.4. The van der Waals surface area contributed by atoms with Crippen LogP contribution in [0.15, 0.2) is 34.9 Å². The number of halogens is 3. The number of amides is 2. The zero-order chi connectivity index (χ0) is 17.7. The fourth-order valence-corrected chi connectivity index (χ4v) is 2.08. The number of benzene rings is 1. The Kier molecular flexibility index (Phi) is 7.53. The summed E-state index contributed by atoms with van der Waals surface area (Å²) in [7, 11) is 0. The molecule has 0 radical (unpaired) electrons. The molecular weight excluding hydrogens is 356 g/mol. The highest BCUT2D eigenvalue weighted by Crippen LogP contribution is 2.18. The summed E-state index contributed by atoms with van der Waals surface area (Å²) in [4.78, 5) is 25.5. The van der Waals surface area contributed by atoms with Gasteiger partial charge in [0.15, 0.2) is 0 Å². The Balaban J connectivity index is 0.00000312. The number of nitrogens with zero attached hydrogens (tertiary/aromatic N) is 1. The van der Waals surface area contributed by atoms with Crippen molar-refractivity contribution in [3.05, 3.63) is 53.5 Å². The highest BCUT2D eigenvalue weighted by Gasteiger charge is 2.20. The molecule has 0 atom stereocenters. The third kappa shape index (κ3) is 5.01. The van der Waals surface area contributed by atoms with E-state index in [1.807, 2.05) is 0 Å². The first-order valence-electron chi connectivity index (χ1n) is 7.26. The molecule has 0 aliphatic carbocycles. The Morgan fingerprint density at radius 3 is 2.44 bits per heavy atom. The molecule has 136 valence electrons. The van der Waals surface area contributed by atoms with Gasteiger partial charge in [0.2, 0.25) is 5.91 Å².